The van der Waals surface area contributed by atoms with Crippen molar-refractivity contribution in [2.75, 3.05) is 57.3 Å². The second-order valence-corrected chi connectivity index (χ2v) is 10.0. The van der Waals surface area contributed by atoms with Crippen molar-refractivity contribution in [2.24, 2.45) is 5.92 Å². The van der Waals surface area contributed by atoms with E-state index in [4.69, 9.17) is 11.6 Å². The standard InChI is InChI=1S/C27H36ClN5O2/c1-22(34)32-14-8-24(9-15-32)27(35)33(26-5-2-4-25(28)20-26)13-3-12-30-16-18-31(19-17-30)21-23-6-10-29-11-7-23/h2,4-7,10-11,20,24H,3,8-9,12-19,21H2,1H3. The molecule has 0 radical (unpaired) electrons. The minimum atomic E-state index is -0.0543. The van der Waals surface area contributed by atoms with Crippen LogP contribution in [0.15, 0.2) is 48.8 Å². The number of likely N-dealkylation sites (tertiary alicyclic amines) is 1. The molecule has 0 N–H and O–H groups in total. The Hall–Kier alpha value is -2.48. The molecular weight excluding hydrogens is 462 g/mol. The van der Waals surface area contributed by atoms with Gasteiger partial charge in [-0.25, -0.2) is 0 Å². The molecule has 3 heterocycles. The average Bonchev–Trinajstić information content (AvgIpc) is 2.88. The molecule has 0 bridgehead atoms. The molecule has 2 aliphatic heterocycles. The van der Waals surface area contributed by atoms with Crippen LogP contribution < -0.4 is 4.90 Å². The Morgan fingerprint density at radius 3 is 2.34 bits per heavy atom. The van der Waals surface area contributed by atoms with E-state index in [1.54, 1.807) is 6.92 Å². The Morgan fingerprint density at radius 2 is 1.69 bits per heavy atom. The first-order valence-corrected chi connectivity index (χ1v) is 13.0. The summed E-state index contributed by atoms with van der Waals surface area (Å²) in [6, 6.07) is 11.7. The van der Waals surface area contributed by atoms with E-state index in [1.165, 1.54) is 5.56 Å². The van der Waals surface area contributed by atoms with Gasteiger partial charge in [0.1, 0.15) is 0 Å². The SMILES string of the molecule is CC(=O)N1CCC(C(=O)N(CCCN2CCN(Cc3ccncc3)CC2)c2cccc(Cl)c2)CC1. The molecule has 8 heteroatoms. The van der Waals surface area contributed by atoms with E-state index in [1.807, 2.05) is 46.5 Å². The van der Waals surface area contributed by atoms with Crippen LogP contribution in [0.3, 0.4) is 0 Å². The molecule has 1 aromatic carbocycles. The lowest BCUT2D eigenvalue weighted by Crippen LogP contribution is -2.47. The number of pyridine rings is 1. The second kappa shape index (κ2) is 12.5. The highest BCUT2D eigenvalue weighted by molar-refractivity contribution is 6.30. The van der Waals surface area contributed by atoms with Crippen molar-refractivity contribution >= 4 is 29.1 Å². The van der Waals surface area contributed by atoms with Crippen LogP contribution in [0.2, 0.25) is 5.02 Å². The predicted molar refractivity (Wildman–Crippen MR) is 139 cm³/mol. The average molecular weight is 498 g/mol. The Balaban J connectivity index is 1.29. The van der Waals surface area contributed by atoms with Gasteiger partial charge >= 0.3 is 0 Å². The monoisotopic (exact) mass is 497 g/mol. The van der Waals surface area contributed by atoms with Crippen LogP contribution >= 0.6 is 11.6 Å². The first kappa shape index (κ1) is 25.6. The number of hydrogen-bond acceptors (Lipinski definition) is 5. The van der Waals surface area contributed by atoms with Crippen LogP contribution in [0, 0.1) is 5.92 Å². The van der Waals surface area contributed by atoms with Gasteiger partial charge in [-0.2, -0.15) is 0 Å². The zero-order valence-electron chi connectivity index (χ0n) is 20.6. The van der Waals surface area contributed by atoms with E-state index in [9.17, 15) is 9.59 Å². The molecule has 2 fully saturated rings. The van der Waals surface area contributed by atoms with E-state index in [0.29, 0.717) is 24.7 Å². The number of piperazine rings is 1. The topological polar surface area (TPSA) is 60.0 Å². The van der Waals surface area contributed by atoms with Crippen LogP contribution in [0.5, 0.6) is 0 Å². The smallest absolute Gasteiger partial charge is 0.230 e. The maximum absolute atomic E-state index is 13.5. The number of hydrogen-bond donors (Lipinski definition) is 0. The lowest BCUT2D eigenvalue weighted by Gasteiger charge is -2.36. The summed E-state index contributed by atoms with van der Waals surface area (Å²) in [4.78, 5) is 38.1. The summed E-state index contributed by atoms with van der Waals surface area (Å²) >= 11 is 6.26. The van der Waals surface area contributed by atoms with Gasteiger partial charge in [-0.1, -0.05) is 17.7 Å². The Bertz CT molecular complexity index is 973. The van der Waals surface area contributed by atoms with Crippen LogP contribution in [-0.2, 0) is 16.1 Å². The van der Waals surface area contributed by atoms with Gasteiger partial charge in [0.25, 0.3) is 0 Å². The first-order chi connectivity index (χ1) is 17.0. The summed E-state index contributed by atoms with van der Waals surface area (Å²) in [7, 11) is 0. The van der Waals surface area contributed by atoms with E-state index in [2.05, 4.69) is 26.9 Å². The molecule has 2 aliphatic rings. The van der Waals surface area contributed by atoms with E-state index >= 15 is 0 Å². The van der Waals surface area contributed by atoms with Crippen LogP contribution in [0.25, 0.3) is 0 Å². The molecule has 7 nitrogen and oxygen atoms in total. The molecule has 0 aliphatic carbocycles. The maximum Gasteiger partial charge on any atom is 0.230 e. The van der Waals surface area contributed by atoms with Gasteiger partial charge in [-0.3, -0.25) is 19.5 Å². The molecule has 2 aromatic rings. The molecule has 4 rings (SSSR count). The van der Waals surface area contributed by atoms with E-state index in [-0.39, 0.29) is 17.7 Å². The van der Waals surface area contributed by atoms with Gasteiger partial charge in [0.05, 0.1) is 0 Å². The van der Waals surface area contributed by atoms with E-state index in [0.717, 1.165) is 64.2 Å². The molecule has 0 unspecified atom stereocenters. The van der Waals surface area contributed by atoms with Crippen molar-refractivity contribution in [3.05, 3.63) is 59.4 Å². The molecule has 188 valence electrons. The van der Waals surface area contributed by atoms with Crippen molar-refractivity contribution in [3.8, 4) is 0 Å². The van der Waals surface area contributed by atoms with Crippen LogP contribution in [0.4, 0.5) is 5.69 Å². The highest BCUT2D eigenvalue weighted by Crippen LogP contribution is 2.26. The highest BCUT2D eigenvalue weighted by atomic mass is 35.5. The molecule has 1 aromatic heterocycles. The lowest BCUT2D eigenvalue weighted by atomic mass is 9.94. The summed E-state index contributed by atoms with van der Waals surface area (Å²) in [5, 5.41) is 0.636. The molecule has 0 atom stereocenters. The summed E-state index contributed by atoms with van der Waals surface area (Å²) in [6.45, 7) is 9.69. The normalized spacial score (nSPS) is 17.9. The number of nitrogens with zero attached hydrogens (tertiary/aromatic N) is 5. The fraction of sp³-hybridized carbons (Fsp3) is 0.519. The van der Waals surface area contributed by atoms with Gasteiger partial charge in [0.15, 0.2) is 0 Å². The van der Waals surface area contributed by atoms with Gasteiger partial charge in [-0.15, -0.1) is 0 Å². The number of carbonyl (C=O) groups excluding carboxylic acids is 2. The predicted octanol–water partition coefficient (Wildman–Crippen LogP) is 3.53. The number of amides is 2. The Labute approximate surface area is 213 Å². The van der Waals surface area contributed by atoms with Gasteiger partial charge < -0.3 is 14.7 Å². The molecule has 2 saturated heterocycles. The summed E-state index contributed by atoms with van der Waals surface area (Å²) in [6.07, 6.45) is 6.05. The maximum atomic E-state index is 13.5. The minimum absolute atomic E-state index is 0.0543. The first-order valence-electron chi connectivity index (χ1n) is 12.7. The van der Waals surface area contributed by atoms with Gasteiger partial charge in [0, 0.05) is 88.3 Å². The number of aromatic nitrogens is 1. The van der Waals surface area contributed by atoms with Crippen molar-refractivity contribution in [1.82, 2.24) is 19.7 Å². The highest BCUT2D eigenvalue weighted by Gasteiger charge is 2.30. The van der Waals surface area contributed by atoms with Crippen LogP contribution in [-0.4, -0.2) is 83.9 Å². The summed E-state index contributed by atoms with van der Waals surface area (Å²) < 4.78 is 0. The minimum Gasteiger partial charge on any atom is -0.343 e. The number of piperidine rings is 1. The zero-order chi connectivity index (χ0) is 24.6. The third-order valence-electron chi connectivity index (χ3n) is 7.15. The van der Waals surface area contributed by atoms with Gasteiger partial charge in [-0.05, 0) is 61.7 Å². The Kier molecular flexibility index (Phi) is 9.12. The molecule has 0 spiro atoms. The molecule has 35 heavy (non-hydrogen) atoms. The summed E-state index contributed by atoms with van der Waals surface area (Å²) in [5.41, 5.74) is 2.16. The summed E-state index contributed by atoms with van der Waals surface area (Å²) in [5.74, 6) is 0.183. The second-order valence-electron chi connectivity index (χ2n) is 9.58. The quantitative estimate of drug-likeness (QED) is 0.558. The van der Waals surface area contributed by atoms with Crippen molar-refractivity contribution in [3.63, 3.8) is 0 Å². The fourth-order valence-electron chi connectivity index (χ4n) is 5.04. The molecular formula is C27H36ClN5O2. The number of benzene rings is 1. The third-order valence-corrected chi connectivity index (χ3v) is 7.39. The van der Waals surface area contributed by atoms with Crippen LogP contribution in [0.1, 0.15) is 31.7 Å². The van der Waals surface area contributed by atoms with Gasteiger partial charge in [0.2, 0.25) is 11.8 Å². The number of halogens is 1. The van der Waals surface area contributed by atoms with Crippen molar-refractivity contribution < 1.29 is 9.59 Å². The Morgan fingerprint density at radius 1 is 1.00 bits per heavy atom. The van der Waals surface area contributed by atoms with Crippen molar-refractivity contribution in [2.45, 2.75) is 32.7 Å². The zero-order valence-corrected chi connectivity index (χ0v) is 21.4. The number of carbonyl (C=O) groups is 2. The largest absolute Gasteiger partial charge is 0.343 e. The van der Waals surface area contributed by atoms with E-state index < -0.39 is 0 Å². The molecule has 2 amide bonds. The number of rotatable bonds is 8. The fourth-order valence-corrected chi connectivity index (χ4v) is 5.23. The third kappa shape index (κ3) is 7.26. The number of anilines is 1. The lowest BCUT2D eigenvalue weighted by molar-refractivity contribution is -0.133. The van der Waals surface area contributed by atoms with Crippen molar-refractivity contribution in [1.29, 1.82) is 0 Å². The molecule has 0 saturated carbocycles.